The number of thioether (sulfide) groups is 1. The summed E-state index contributed by atoms with van der Waals surface area (Å²) in [5.41, 5.74) is 4.47. The van der Waals surface area contributed by atoms with Gasteiger partial charge in [-0.2, -0.15) is 0 Å². The number of hydrogen-bond acceptors (Lipinski definition) is 7. The number of amides is 1. The van der Waals surface area contributed by atoms with Gasteiger partial charge in [-0.3, -0.25) is 10.2 Å². The first-order chi connectivity index (χ1) is 14.4. The molecule has 9 heteroatoms. The zero-order valence-corrected chi connectivity index (χ0v) is 18.0. The third-order valence-electron chi connectivity index (χ3n) is 4.03. The molecule has 7 nitrogen and oxygen atoms in total. The molecule has 1 amide bonds. The van der Waals surface area contributed by atoms with Crippen LogP contribution in [0.5, 0.6) is 11.5 Å². The number of hydrazine groups is 1. The molecule has 2 aromatic carbocycles. The van der Waals surface area contributed by atoms with Crippen LogP contribution in [0.1, 0.15) is 19.4 Å². The van der Waals surface area contributed by atoms with Crippen LogP contribution in [0.3, 0.4) is 0 Å². The van der Waals surface area contributed by atoms with E-state index in [9.17, 15) is 9.59 Å². The second-order valence-corrected chi connectivity index (χ2v) is 7.91. The number of rotatable bonds is 8. The van der Waals surface area contributed by atoms with Crippen LogP contribution in [0.15, 0.2) is 53.4 Å². The monoisotopic (exact) mass is 444 g/mol. The summed E-state index contributed by atoms with van der Waals surface area (Å²) in [4.78, 5) is 24.3. The molecule has 1 aliphatic heterocycles. The molecule has 1 aliphatic rings. The largest absolute Gasteiger partial charge is 0.490 e. The molecule has 1 saturated heterocycles. The van der Waals surface area contributed by atoms with E-state index in [1.54, 1.807) is 24.3 Å². The Hall–Kier alpha value is -3.04. The Bertz CT molecular complexity index is 994. The number of aliphatic carboxylic acids is 1. The van der Waals surface area contributed by atoms with Crippen LogP contribution in [0, 0.1) is 0 Å². The van der Waals surface area contributed by atoms with E-state index in [4.69, 9.17) is 26.8 Å². The summed E-state index contributed by atoms with van der Waals surface area (Å²) >= 11 is 6.52. The van der Waals surface area contributed by atoms with Gasteiger partial charge in [-0.1, -0.05) is 36.0 Å². The second kappa shape index (κ2) is 9.64. The van der Waals surface area contributed by atoms with E-state index in [1.807, 2.05) is 37.3 Å². The van der Waals surface area contributed by atoms with Crippen molar-refractivity contribution in [3.8, 4) is 11.5 Å². The molecule has 0 aliphatic carbocycles. The number of benzene rings is 2. The summed E-state index contributed by atoms with van der Waals surface area (Å²) < 4.78 is 11.4. The molecule has 0 spiro atoms. The quantitative estimate of drug-likeness (QED) is 0.463. The van der Waals surface area contributed by atoms with Crippen molar-refractivity contribution < 1.29 is 24.2 Å². The van der Waals surface area contributed by atoms with Crippen LogP contribution in [-0.4, -0.2) is 39.0 Å². The number of nitrogens with one attached hydrogen (secondary N) is 1. The molecule has 1 atom stereocenters. The summed E-state index contributed by atoms with van der Waals surface area (Å²) in [5.74, 6) is -0.609. The number of thiocarbonyl (C=S) groups is 1. The van der Waals surface area contributed by atoms with Crippen molar-refractivity contribution in [3.63, 3.8) is 0 Å². The van der Waals surface area contributed by atoms with Crippen LogP contribution in [0.2, 0.25) is 0 Å². The van der Waals surface area contributed by atoms with Crippen molar-refractivity contribution in [2.24, 2.45) is 0 Å². The van der Waals surface area contributed by atoms with Crippen molar-refractivity contribution in [2.45, 2.75) is 20.0 Å². The molecule has 30 heavy (non-hydrogen) atoms. The van der Waals surface area contributed by atoms with Gasteiger partial charge in [0.1, 0.15) is 0 Å². The van der Waals surface area contributed by atoms with E-state index in [2.05, 4.69) is 5.43 Å². The van der Waals surface area contributed by atoms with Gasteiger partial charge in [-0.05, 0) is 62.0 Å². The molecule has 0 saturated carbocycles. The minimum atomic E-state index is -1.07. The van der Waals surface area contributed by atoms with Gasteiger partial charge in [0.05, 0.1) is 17.2 Å². The smallest absolute Gasteiger partial charge is 0.344 e. The average molecular weight is 445 g/mol. The molecule has 0 bridgehead atoms. The summed E-state index contributed by atoms with van der Waals surface area (Å²) in [6.07, 6.45) is 0.689. The lowest BCUT2D eigenvalue weighted by Gasteiger charge is -2.16. The Kier molecular flexibility index (Phi) is 6.96. The number of carboxylic acids is 1. The predicted octanol–water partition coefficient (Wildman–Crippen LogP) is 4.17. The van der Waals surface area contributed by atoms with E-state index < -0.39 is 12.1 Å². The Morgan fingerprint density at radius 3 is 2.67 bits per heavy atom. The lowest BCUT2D eigenvalue weighted by atomic mass is 10.2. The highest BCUT2D eigenvalue weighted by Crippen LogP contribution is 2.35. The standard InChI is InChI=1S/C21H20N2O5S2/c1-3-27-17-11-14(9-10-16(17)28-13(2)20(25)26)12-18-19(24)23(21(29)30-18)22-15-7-5-4-6-8-15/h4-13,22H,3H2,1-2H3,(H,25,26)/b18-12+. The third-order valence-corrected chi connectivity index (χ3v) is 5.33. The van der Waals surface area contributed by atoms with Crippen LogP contribution in [-0.2, 0) is 9.59 Å². The van der Waals surface area contributed by atoms with Gasteiger partial charge in [-0.15, -0.1) is 0 Å². The normalized spacial score (nSPS) is 15.9. The first kappa shape index (κ1) is 21.7. The fourth-order valence-corrected chi connectivity index (χ4v) is 3.76. The first-order valence-corrected chi connectivity index (χ1v) is 10.4. The summed E-state index contributed by atoms with van der Waals surface area (Å²) in [6.45, 7) is 3.64. The third kappa shape index (κ3) is 5.11. The lowest BCUT2D eigenvalue weighted by molar-refractivity contribution is -0.144. The van der Waals surface area contributed by atoms with Crippen molar-refractivity contribution >= 4 is 51.9 Å². The van der Waals surface area contributed by atoms with Crippen LogP contribution < -0.4 is 14.9 Å². The number of carbonyl (C=O) groups is 2. The fourth-order valence-electron chi connectivity index (χ4n) is 2.58. The zero-order valence-electron chi connectivity index (χ0n) is 16.3. The van der Waals surface area contributed by atoms with Gasteiger partial charge >= 0.3 is 5.97 Å². The van der Waals surface area contributed by atoms with Gasteiger partial charge in [0.15, 0.2) is 21.9 Å². The van der Waals surface area contributed by atoms with Crippen LogP contribution in [0.25, 0.3) is 6.08 Å². The van der Waals surface area contributed by atoms with Crippen LogP contribution in [0.4, 0.5) is 5.69 Å². The van der Waals surface area contributed by atoms with E-state index >= 15 is 0 Å². The molecular formula is C21H20N2O5S2. The van der Waals surface area contributed by atoms with Gasteiger partial charge in [0.25, 0.3) is 5.91 Å². The molecule has 3 rings (SSSR count). The molecule has 0 aromatic heterocycles. The van der Waals surface area contributed by atoms with E-state index in [0.29, 0.717) is 32.9 Å². The van der Waals surface area contributed by atoms with Crippen molar-refractivity contribution in [3.05, 3.63) is 59.0 Å². The van der Waals surface area contributed by atoms with Crippen molar-refractivity contribution in [2.75, 3.05) is 12.0 Å². The summed E-state index contributed by atoms with van der Waals surface area (Å²) in [6, 6.07) is 14.3. The number of anilines is 1. The SMILES string of the molecule is CCOc1cc(/C=C2/SC(=S)N(Nc3ccccc3)C2=O)ccc1OC(C)C(=O)O. The lowest BCUT2D eigenvalue weighted by Crippen LogP contribution is -2.33. The number of nitrogens with zero attached hydrogens (tertiary/aromatic N) is 1. The van der Waals surface area contributed by atoms with E-state index in [1.165, 1.54) is 23.7 Å². The minimum Gasteiger partial charge on any atom is -0.490 e. The summed E-state index contributed by atoms with van der Waals surface area (Å²) in [7, 11) is 0. The van der Waals surface area contributed by atoms with Crippen molar-refractivity contribution in [1.82, 2.24) is 5.01 Å². The number of para-hydroxylation sites is 1. The highest BCUT2D eigenvalue weighted by atomic mass is 32.2. The molecule has 2 aromatic rings. The highest BCUT2D eigenvalue weighted by molar-refractivity contribution is 8.26. The topological polar surface area (TPSA) is 88.1 Å². The molecule has 1 heterocycles. The minimum absolute atomic E-state index is 0.258. The summed E-state index contributed by atoms with van der Waals surface area (Å²) in [5, 5.41) is 10.4. The van der Waals surface area contributed by atoms with Gasteiger partial charge in [0.2, 0.25) is 0 Å². The molecular weight excluding hydrogens is 424 g/mol. The first-order valence-electron chi connectivity index (χ1n) is 9.15. The maximum atomic E-state index is 12.8. The maximum Gasteiger partial charge on any atom is 0.344 e. The molecule has 1 unspecified atom stereocenters. The number of hydrogen-bond donors (Lipinski definition) is 2. The van der Waals surface area contributed by atoms with Gasteiger partial charge in [-0.25, -0.2) is 9.80 Å². The highest BCUT2D eigenvalue weighted by Gasteiger charge is 2.32. The number of ether oxygens (including phenoxy) is 2. The predicted molar refractivity (Wildman–Crippen MR) is 120 cm³/mol. The average Bonchev–Trinajstić information content (AvgIpc) is 2.98. The van der Waals surface area contributed by atoms with Crippen LogP contribution >= 0.6 is 24.0 Å². The molecule has 2 N–H and O–H groups in total. The Morgan fingerprint density at radius 1 is 1.27 bits per heavy atom. The maximum absolute atomic E-state index is 12.8. The number of carbonyl (C=O) groups excluding carboxylic acids is 1. The van der Waals surface area contributed by atoms with Gasteiger partial charge in [0, 0.05) is 0 Å². The Morgan fingerprint density at radius 2 is 2.00 bits per heavy atom. The van der Waals surface area contributed by atoms with E-state index in [0.717, 1.165) is 5.69 Å². The van der Waals surface area contributed by atoms with E-state index in [-0.39, 0.29) is 5.91 Å². The number of carboxylic acid groups (broad SMARTS) is 1. The fraction of sp³-hybridized carbons (Fsp3) is 0.190. The Labute approximate surface area is 183 Å². The second-order valence-electron chi connectivity index (χ2n) is 6.23. The molecule has 0 radical (unpaired) electrons. The molecule has 1 fully saturated rings. The van der Waals surface area contributed by atoms with Crippen molar-refractivity contribution in [1.29, 1.82) is 0 Å². The molecule has 156 valence electrons. The van der Waals surface area contributed by atoms with Gasteiger partial charge < -0.3 is 14.6 Å². The Balaban J connectivity index is 1.81. The zero-order chi connectivity index (χ0) is 21.7.